The molecule has 2 rings (SSSR count). The van der Waals surface area contributed by atoms with Gasteiger partial charge in [-0.25, -0.2) is 0 Å². The van der Waals surface area contributed by atoms with Crippen LogP contribution in [0.1, 0.15) is 13.3 Å². The summed E-state index contributed by atoms with van der Waals surface area (Å²) >= 11 is 0. The summed E-state index contributed by atoms with van der Waals surface area (Å²) in [5, 5.41) is 6.94. The number of fused-ring (bicyclic) bond motifs is 1. The van der Waals surface area contributed by atoms with E-state index in [1.807, 2.05) is 0 Å². The van der Waals surface area contributed by atoms with E-state index in [2.05, 4.69) is 17.6 Å². The van der Waals surface area contributed by atoms with Crippen LogP contribution >= 0.6 is 0 Å². The van der Waals surface area contributed by atoms with E-state index in [1.165, 1.54) is 19.5 Å². The summed E-state index contributed by atoms with van der Waals surface area (Å²) in [6.45, 7) is 4.70. The largest absolute Gasteiger partial charge is 0.315 e. The Balaban J connectivity index is 2.02. The van der Waals surface area contributed by atoms with Crippen molar-refractivity contribution in [3.63, 3.8) is 0 Å². The molecule has 9 heavy (non-hydrogen) atoms. The van der Waals surface area contributed by atoms with Crippen LogP contribution in [0.15, 0.2) is 0 Å². The molecule has 0 amide bonds. The van der Waals surface area contributed by atoms with Gasteiger partial charge in [-0.3, -0.25) is 0 Å². The molecule has 0 aromatic heterocycles. The first-order chi connectivity index (χ1) is 4.36. The average Bonchev–Trinajstić information content (AvgIpc) is 2.22. The molecule has 2 aliphatic heterocycles. The van der Waals surface area contributed by atoms with Crippen molar-refractivity contribution >= 4 is 0 Å². The Hall–Kier alpha value is -0.0800. The lowest BCUT2D eigenvalue weighted by Crippen LogP contribution is -2.31. The van der Waals surface area contributed by atoms with Gasteiger partial charge in [0, 0.05) is 18.6 Å². The molecular formula is C7H14N2. The van der Waals surface area contributed by atoms with Crippen molar-refractivity contribution in [2.24, 2.45) is 5.92 Å². The Labute approximate surface area is 56.0 Å². The molecule has 0 saturated carbocycles. The maximum Gasteiger partial charge on any atom is 0.0235 e. The van der Waals surface area contributed by atoms with Crippen LogP contribution in [0.3, 0.4) is 0 Å². The molecule has 2 heteroatoms. The lowest BCUT2D eigenvalue weighted by molar-refractivity contribution is 0.553. The van der Waals surface area contributed by atoms with Crippen LogP contribution in [0.4, 0.5) is 0 Å². The Kier molecular flexibility index (Phi) is 1.24. The van der Waals surface area contributed by atoms with Gasteiger partial charge in [-0.05, 0) is 25.8 Å². The highest BCUT2D eigenvalue weighted by Gasteiger charge is 2.34. The van der Waals surface area contributed by atoms with E-state index in [0.29, 0.717) is 0 Å². The van der Waals surface area contributed by atoms with E-state index in [9.17, 15) is 0 Å². The van der Waals surface area contributed by atoms with E-state index in [0.717, 1.165) is 18.0 Å². The van der Waals surface area contributed by atoms with Gasteiger partial charge in [-0.15, -0.1) is 0 Å². The molecule has 3 unspecified atom stereocenters. The minimum atomic E-state index is 0.766. The third kappa shape index (κ3) is 0.864. The van der Waals surface area contributed by atoms with E-state index in [-0.39, 0.29) is 0 Å². The first-order valence-electron chi connectivity index (χ1n) is 3.83. The third-order valence-corrected chi connectivity index (χ3v) is 2.49. The topological polar surface area (TPSA) is 24.1 Å². The normalized spacial score (nSPS) is 49.7. The van der Waals surface area contributed by atoms with Crippen LogP contribution in [0.25, 0.3) is 0 Å². The van der Waals surface area contributed by atoms with Crippen molar-refractivity contribution in [1.82, 2.24) is 10.6 Å². The Morgan fingerprint density at radius 1 is 1.33 bits per heavy atom. The summed E-state index contributed by atoms with van der Waals surface area (Å²) < 4.78 is 0. The second-order valence-corrected chi connectivity index (χ2v) is 3.33. The van der Waals surface area contributed by atoms with Gasteiger partial charge in [-0.2, -0.15) is 0 Å². The van der Waals surface area contributed by atoms with Crippen molar-refractivity contribution in [2.45, 2.75) is 25.4 Å². The molecule has 3 atom stereocenters. The summed E-state index contributed by atoms with van der Waals surface area (Å²) in [4.78, 5) is 0. The molecule has 0 aromatic rings. The summed E-state index contributed by atoms with van der Waals surface area (Å²) in [6.07, 6.45) is 1.37. The second-order valence-electron chi connectivity index (χ2n) is 3.33. The van der Waals surface area contributed by atoms with E-state index in [4.69, 9.17) is 0 Å². The Morgan fingerprint density at radius 2 is 2.22 bits per heavy atom. The average molecular weight is 126 g/mol. The number of hydrogen-bond acceptors (Lipinski definition) is 2. The summed E-state index contributed by atoms with van der Waals surface area (Å²) in [7, 11) is 0. The molecule has 0 aliphatic carbocycles. The Bertz CT molecular complexity index is 101. The number of rotatable bonds is 0. The highest BCUT2D eigenvalue weighted by atomic mass is 15.1. The maximum atomic E-state index is 3.55. The predicted molar refractivity (Wildman–Crippen MR) is 37.4 cm³/mol. The van der Waals surface area contributed by atoms with E-state index in [1.54, 1.807) is 0 Å². The molecule has 2 heterocycles. The summed E-state index contributed by atoms with van der Waals surface area (Å²) in [6, 6.07) is 1.56. The quantitative estimate of drug-likeness (QED) is 0.476. The molecule has 2 nitrogen and oxygen atoms in total. The third-order valence-electron chi connectivity index (χ3n) is 2.49. The smallest absolute Gasteiger partial charge is 0.0235 e. The van der Waals surface area contributed by atoms with Gasteiger partial charge in [0.05, 0.1) is 0 Å². The van der Waals surface area contributed by atoms with E-state index < -0.39 is 0 Å². The second kappa shape index (κ2) is 1.96. The van der Waals surface area contributed by atoms with Crippen LogP contribution in [0.5, 0.6) is 0 Å². The van der Waals surface area contributed by atoms with Crippen molar-refractivity contribution in [1.29, 1.82) is 0 Å². The number of hydrogen-bond donors (Lipinski definition) is 2. The van der Waals surface area contributed by atoms with Crippen LogP contribution in [-0.4, -0.2) is 25.2 Å². The lowest BCUT2D eigenvalue weighted by Gasteiger charge is -2.06. The summed E-state index contributed by atoms with van der Waals surface area (Å²) in [5.41, 5.74) is 0. The molecule has 2 aliphatic rings. The first-order valence-corrected chi connectivity index (χ1v) is 3.83. The summed E-state index contributed by atoms with van der Waals surface area (Å²) in [5.74, 6) is 0.931. The fraction of sp³-hybridized carbons (Fsp3) is 1.00. The van der Waals surface area contributed by atoms with Gasteiger partial charge < -0.3 is 10.6 Å². The molecule has 0 spiro atoms. The fourth-order valence-corrected chi connectivity index (χ4v) is 2.06. The van der Waals surface area contributed by atoms with Gasteiger partial charge in [0.15, 0.2) is 0 Å². The van der Waals surface area contributed by atoms with Crippen LogP contribution in [0, 0.1) is 5.92 Å². The zero-order valence-electron chi connectivity index (χ0n) is 5.85. The lowest BCUT2D eigenvalue weighted by atomic mass is 10.0. The highest BCUT2D eigenvalue weighted by Crippen LogP contribution is 2.22. The minimum Gasteiger partial charge on any atom is -0.315 e. The molecule has 52 valence electrons. The van der Waals surface area contributed by atoms with Crippen LogP contribution < -0.4 is 10.6 Å². The minimum absolute atomic E-state index is 0.766. The first kappa shape index (κ1) is 5.69. The van der Waals surface area contributed by atoms with Crippen molar-refractivity contribution in [3.8, 4) is 0 Å². The van der Waals surface area contributed by atoms with Crippen molar-refractivity contribution < 1.29 is 0 Å². The maximum absolute atomic E-state index is 3.55. The van der Waals surface area contributed by atoms with Gasteiger partial charge in [-0.1, -0.05) is 0 Å². The molecule has 2 N–H and O–H groups in total. The molecule has 0 bridgehead atoms. The van der Waals surface area contributed by atoms with Crippen molar-refractivity contribution in [3.05, 3.63) is 0 Å². The van der Waals surface area contributed by atoms with Crippen molar-refractivity contribution in [2.75, 3.05) is 13.1 Å². The van der Waals surface area contributed by atoms with Gasteiger partial charge in [0.2, 0.25) is 0 Å². The highest BCUT2D eigenvalue weighted by molar-refractivity contribution is 4.95. The standard InChI is InChI=1S/C7H14N2/c1-5-2-6-3-8-4-7(6)9-5/h5-9H,2-4H2,1H3. The SMILES string of the molecule is CC1CC2CNCC2N1. The monoisotopic (exact) mass is 126 g/mol. The van der Waals surface area contributed by atoms with Gasteiger partial charge in [0.25, 0.3) is 0 Å². The molecule has 2 saturated heterocycles. The Morgan fingerprint density at radius 3 is 3.00 bits per heavy atom. The predicted octanol–water partition coefficient (Wildman–Crippen LogP) is -0.0438. The van der Waals surface area contributed by atoms with E-state index >= 15 is 0 Å². The van der Waals surface area contributed by atoms with Gasteiger partial charge in [0.1, 0.15) is 0 Å². The number of nitrogens with one attached hydrogen (secondary N) is 2. The zero-order chi connectivity index (χ0) is 6.27. The molecule has 0 radical (unpaired) electrons. The fourth-order valence-electron chi connectivity index (χ4n) is 2.06. The van der Waals surface area contributed by atoms with Gasteiger partial charge >= 0.3 is 0 Å². The molecule has 0 aromatic carbocycles. The van der Waals surface area contributed by atoms with Crippen LogP contribution in [-0.2, 0) is 0 Å². The molecule has 2 fully saturated rings. The zero-order valence-corrected chi connectivity index (χ0v) is 5.85. The molecular weight excluding hydrogens is 112 g/mol. The van der Waals surface area contributed by atoms with Crippen LogP contribution in [0.2, 0.25) is 0 Å².